The van der Waals surface area contributed by atoms with E-state index in [4.69, 9.17) is 4.74 Å². The maximum atomic E-state index is 12.5. The summed E-state index contributed by atoms with van der Waals surface area (Å²) in [6.07, 6.45) is 3.76. The molecule has 0 radical (unpaired) electrons. The molecule has 2 aromatic carbocycles. The van der Waals surface area contributed by atoms with Gasteiger partial charge in [0.2, 0.25) is 11.8 Å². The SMILES string of the molecule is COc1ccc(CN(CC(=O)Nc2ccc(N3CCCCC3)cc2)C(C)=O)cc1. The smallest absolute Gasteiger partial charge is 0.244 e. The first-order chi connectivity index (χ1) is 14.0. The Morgan fingerprint density at radius 3 is 2.24 bits per heavy atom. The van der Waals surface area contributed by atoms with Crippen molar-refractivity contribution < 1.29 is 14.3 Å². The maximum absolute atomic E-state index is 12.5. The highest BCUT2D eigenvalue weighted by Gasteiger charge is 2.15. The molecule has 1 fully saturated rings. The fourth-order valence-corrected chi connectivity index (χ4v) is 3.51. The molecule has 154 valence electrons. The van der Waals surface area contributed by atoms with Crippen LogP contribution in [0.15, 0.2) is 48.5 Å². The molecule has 3 rings (SSSR count). The van der Waals surface area contributed by atoms with Gasteiger partial charge in [-0.1, -0.05) is 12.1 Å². The van der Waals surface area contributed by atoms with Gasteiger partial charge in [-0.05, 0) is 61.2 Å². The van der Waals surface area contributed by atoms with E-state index >= 15 is 0 Å². The number of rotatable bonds is 7. The molecule has 6 nitrogen and oxygen atoms in total. The Balaban J connectivity index is 1.56. The fourth-order valence-electron chi connectivity index (χ4n) is 3.51. The Morgan fingerprint density at radius 2 is 1.66 bits per heavy atom. The summed E-state index contributed by atoms with van der Waals surface area (Å²) in [4.78, 5) is 28.4. The molecule has 0 aromatic heterocycles. The first kappa shape index (κ1) is 20.7. The second-order valence-electron chi connectivity index (χ2n) is 7.37. The van der Waals surface area contributed by atoms with Crippen molar-refractivity contribution in [2.24, 2.45) is 0 Å². The van der Waals surface area contributed by atoms with Crippen LogP contribution in [-0.4, -0.2) is 43.5 Å². The zero-order valence-corrected chi connectivity index (χ0v) is 17.2. The van der Waals surface area contributed by atoms with Gasteiger partial charge in [-0.25, -0.2) is 0 Å². The average molecular weight is 396 g/mol. The topological polar surface area (TPSA) is 61.9 Å². The van der Waals surface area contributed by atoms with E-state index in [0.29, 0.717) is 6.54 Å². The largest absolute Gasteiger partial charge is 0.497 e. The molecule has 29 heavy (non-hydrogen) atoms. The number of nitrogens with one attached hydrogen (secondary N) is 1. The van der Waals surface area contributed by atoms with Crippen molar-refractivity contribution in [2.75, 3.05) is 37.0 Å². The van der Waals surface area contributed by atoms with Crippen LogP contribution in [0.2, 0.25) is 0 Å². The zero-order chi connectivity index (χ0) is 20.6. The molecule has 1 heterocycles. The number of hydrogen-bond acceptors (Lipinski definition) is 4. The Hall–Kier alpha value is -3.02. The van der Waals surface area contributed by atoms with E-state index in [1.807, 2.05) is 48.5 Å². The van der Waals surface area contributed by atoms with Crippen molar-refractivity contribution in [3.63, 3.8) is 0 Å². The lowest BCUT2D eigenvalue weighted by Crippen LogP contribution is -2.36. The van der Waals surface area contributed by atoms with Crippen LogP contribution in [0.1, 0.15) is 31.7 Å². The number of amides is 2. The van der Waals surface area contributed by atoms with E-state index in [9.17, 15) is 9.59 Å². The van der Waals surface area contributed by atoms with Crippen LogP contribution in [0.3, 0.4) is 0 Å². The van der Waals surface area contributed by atoms with E-state index < -0.39 is 0 Å². The summed E-state index contributed by atoms with van der Waals surface area (Å²) in [6, 6.07) is 15.4. The second-order valence-corrected chi connectivity index (χ2v) is 7.37. The Bertz CT molecular complexity index is 812. The van der Waals surface area contributed by atoms with Crippen LogP contribution in [0, 0.1) is 0 Å². The van der Waals surface area contributed by atoms with Gasteiger partial charge in [-0.15, -0.1) is 0 Å². The van der Waals surface area contributed by atoms with Crippen molar-refractivity contribution in [1.82, 2.24) is 4.90 Å². The van der Waals surface area contributed by atoms with Crippen molar-refractivity contribution in [3.8, 4) is 5.75 Å². The number of nitrogens with zero attached hydrogens (tertiary/aromatic N) is 2. The minimum absolute atomic E-state index is 0.00917. The number of ether oxygens (including phenoxy) is 1. The van der Waals surface area contributed by atoms with Crippen LogP contribution >= 0.6 is 0 Å². The minimum atomic E-state index is -0.209. The standard InChI is InChI=1S/C23H29N3O3/c1-18(27)26(16-19-6-12-22(29-2)13-7-19)17-23(28)24-20-8-10-21(11-9-20)25-14-4-3-5-15-25/h6-13H,3-5,14-17H2,1-2H3,(H,24,28). The molecule has 0 saturated carbocycles. The van der Waals surface area contributed by atoms with Crippen molar-refractivity contribution in [3.05, 3.63) is 54.1 Å². The lowest BCUT2D eigenvalue weighted by atomic mass is 10.1. The number of anilines is 2. The van der Waals surface area contributed by atoms with E-state index in [1.165, 1.54) is 36.8 Å². The van der Waals surface area contributed by atoms with E-state index in [0.717, 1.165) is 30.1 Å². The van der Waals surface area contributed by atoms with Gasteiger partial charge >= 0.3 is 0 Å². The predicted octanol–water partition coefficient (Wildman–Crippen LogP) is 3.67. The van der Waals surface area contributed by atoms with Crippen LogP contribution < -0.4 is 15.0 Å². The number of benzene rings is 2. The van der Waals surface area contributed by atoms with Gasteiger partial charge in [0, 0.05) is 37.9 Å². The van der Waals surface area contributed by atoms with Gasteiger partial charge < -0.3 is 19.9 Å². The Kier molecular flexibility index (Phi) is 7.11. The Morgan fingerprint density at radius 1 is 1.00 bits per heavy atom. The van der Waals surface area contributed by atoms with Gasteiger partial charge in [-0.2, -0.15) is 0 Å². The molecule has 2 aromatic rings. The maximum Gasteiger partial charge on any atom is 0.244 e. The van der Waals surface area contributed by atoms with Crippen LogP contribution in [0.25, 0.3) is 0 Å². The first-order valence-electron chi connectivity index (χ1n) is 10.1. The zero-order valence-electron chi connectivity index (χ0n) is 17.2. The van der Waals surface area contributed by atoms with Crippen molar-refractivity contribution >= 4 is 23.2 Å². The Labute approximate surface area is 172 Å². The third-order valence-electron chi connectivity index (χ3n) is 5.18. The molecule has 0 bridgehead atoms. The molecule has 2 amide bonds. The van der Waals surface area contributed by atoms with Crippen LogP contribution in [0.5, 0.6) is 5.75 Å². The highest BCUT2D eigenvalue weighted by Crippen LogP contribution is 2.22. The van der Waals surface area contributed by atoms with E-state index in [-0.39, 0.29) is 18.4 Å². The van der Waals surface area contributed by atoms with Gasteiger partial charge in [0.05, 0.1) is 7.11 Å². The molecule has 1 aliphatic heterocycles. The number of hydrogen-bond donors (Lipinski definition) is 1. The summed E-state index contributed by atoms with van der Waals surface area (Å²) in [7, 11) is 1.61. The highest BCUT2D eigenvalue weighted by molar-refractivity contribution is 5.94. The monoisotopic (exact) mass is 395 g/mol. The molecule has 0 atom stereocenters. The average Bonchev–Trinajstić information content (AvgIpc) is 2.75. The van der Waals surface area contributed by atoms with Gasteiger partial charge in [0.1, 0.15) is 12.3 Å². The summed E-state index contributed by atoms with van der Waals surface area (Å²) >= 11 is 0. The summed E-state index contributed by atoms with van der Waals surface area (Å²) < 4.78 is 5.15. The third kappa shape index (κ3) is 5.98. The quantitative estimate of drug-likeness (QED) is 0.777. The van der Waals surface area contributed by atoms with Gasteiger partial charge in [0.15, 0.2) is 0 Å². The molecule has 0 spiro atoms. The number of carbonyl (C=O) groups excluding carboxylic acids is 2. The van der Waals surface area contributed by atoms with Crippen LogP contribution in [-0.2, 0) is 16.1 Å². The molecule has 0 unspecified atom stereocenters. The third-order valence-corrected chi connectivity index (χ3v) is 5.18. The van der Waals surface area contributed by atoms with Gasteiger partial charge in [-0.3, -0.25) is 9.59 Å². The first-order valence-corrected chi connectivity index (χ1v) is 10.1. The highest BCUT2D eigenvalue weighted by atomic mass is 16.5. The molecular weight excluding hydrogens is 366 g/mol. The predicted molar refractivity (Wildman–Crippen MR) is 115 cm³/mol. The molecule has 1 N–H and O–H groups in total. The normalized spacial score (nSPS) is 13.7. The van der Waals surface area contributed by atoms with Crippen molar-refractivity contribution in [1.29, 1.82) is 0 Å². The summed E-state index contributed by atoms with van der Waals surface area (Å²) in [5, 5.41) is 2.89. The van der Waals surface area contributed by atoms with Crippen LogP contribution in [0.4, 0.5) is 11.4 Å². The summed E-state index contributed by atoms with van der Waals surface area (Å²) in [5.41, 5.74) is 2.87. The lowest BCUT2D eigenvalue weighted by Gasteiger charge is -2.28. The minimum Gasteiger partial charge on any atom is -0.497 e. The molecule has 6 heteroatoms. The molecular formula is C23H29N3O3. The second kappa shape index (κ2) is 9.96. The summed E-state index contributed by atoms with van der Waals surface area (Å²) in [5.74, 6) is 0.407. The molecule has 0 aliphatic carbocycles. The molecule has 1 saturated heterocycles. The van der Waals surface area contributed by atoms with E-state index in [1.54, 1.807) is 7.11 Å². The number of carbonyl (C=O) groups is 2. The number of piperidine rings is 1. The van der Waals surface area contributed by atoms with Crippen molar-refractivity contribution in [2.45, 2.75) is 32.7 Å². The van der Waals surface area contributed by atoms with Gasteiger partial charge in [0.25, 0.3) is 0 Å². The lowest BCUT2D eigenvalue weighted by molar-refractivity contribution is -0.133. The van der Waals surface area contributed by atoms with E-state index in [2.05, 4.69) is 10.2 Å². The molecule has 1 aliphatic rings. The number of methoxy groups -OCH3 is 1. The summed E-state index contributed by atoms with van der Waals surface area (Å²) in [6.45, 7) is 4.04. The fraction of sp³-hybridized carbons (Fsp3) is 0.391.